The average molecular weight is 468 g/mol. The lowest BCUT2D eigenvalue weighted by Crippen LogP contribution is -2.26. The fraction of sp³-hybridized carbons (Fsp3) is 0.130. The molecule has 1 heterocycles. The van der Waals surface area contributed by atoms with Crippen molar-refractivity contribution >= 4 is 43.2 Å². The molecule has 164 valence electrons. The summed E-state index contributed by atoms with van der Waals surface area (Å²) in [6.45, 7) is 0.133. The molecule has 4 rings (SSSR count). The van der Waals surface area contributed by atoms with Gasteiger partial charge in [0.05, 0.1) is 15.1 Å². The second-order valence-electron chi connectivity index (χ2n) is 7.24. The first-order valence-electron chi connectivity index (χ1n) is 9.83. The van der Waals surface area contributed by atoms with Crippen LogP contribution in [0.15, 0.2) is 88.6 Å². The van der Waals surface area contributed by atoms with Gasteiger partial charge < -0.3 is 5.32 Å². The van der Waals surface area contributed by atoms with Crippen LogP contribution in [0.25, 0.3) is 10.2 Å². The molecule has 0 aliphatic heterocycles. The monoisotopic (exact) mass is 467 g/mol. The normalized spacial score (nSPS) is 11.7. The lowest BCUT2D eigenvalue weighted by atomic mass is 10.2. The highest BCUT2D eigenvalue weighted by molar-refractivity contribution is 7.89. The molecule has 0 bridgehead atoms. The molecular weight excluding hydrogens is 446 g/mol. The molecule has 1 amide bonds. The van der Waals surface area contributed by atoms with Crippen LogP contribution in [-0.4, -0.2) is 30.2 Å². The van der Waals surface area contributed by atoms with E-state index in [0.29, 0.717) is 11.2 Å². The quantitative estimate of drug-likeness (QED) is 0.450. The molecule has 0 atom stereocenters. The van der Waals surface area contributed by atoms with Crippen molar-refractivity contribution in [1.29, 1.82) is 0 Å². The van der Waals surface area contributed by atoms with E-state index >= 15 is 0 Å². The van der Waals surface area contributed by atoms with Gasteiger partial charge >= 0.3 is 4.87 Å². The Balaban J connectivity index is 1.44. The van der Waals surface area contributed by atoms with Crippen molar-refractivity contribution in [2.75, 3.05) is 12.4 Å². The highest BCUT2D eigenvalue weighted by atomic mass is 32.2. The van der Waals surface area contributed by atoms with Crippen molar-refractivity contribution in [3.63, 3.8) is 0 Å². The molecule has 0 unspecified atom stereocenters. The van der Waals surface area contributed by atoms with Gasteiger partial charge in [0.1, 0.15) is 6.54 Å². The third-order valence-corrected chi connectivity index (χ3v) is 7.75. The van der Waals surface area contributed by atoms with Gasteiger partial charge in [0.2, 0.25) is 15.9 Å². The van der Waals surface area contributed by atoms with E-state index in [1.54, 1.807) is 6.07 Å². The van der Waals surface area contributed by atoms with E-state index < -0.39 is 10.0 Å². The Kier molecular flexibility index (Phi) is 6.22. The molecule has 3 aromatic carbocycles. The van der Waals surface area contributed by atoms with Crippen LogP contribution < -0.4 is 10.2 Å². The van der Waals surface area contributed by atoms with Gasteiger partial charge in [-0.05, 0) is 42.0 Å². The van der Waals surface area contributed by atoms with E-state index in [9.17, 15) is 18.0 Å². The molecule has 0 saturated carbocycles. The van der Waals surface area contributed by atoms with Gasteiger partial charge in [-0.2, -0.15) is 4.31 Å². The molecule has 0 aliphatic rings. The van der Waals surface area contributed by atoms with Crippen LogP contribution in [0, 0.1) is 0 Å². The van der Waals surface area contributed by atoms with Gasteiger partial charge in [-0.1, -0.05) is 53.8 Å². The fourth-order valence-corrected chi connectivity index (χ4v) is 5.37. The summed E-state index contributed by atoms with van der Waals surface area (Å²) in [6.07, 6.45) is 0. The lowest BCUT2D eigenvalue weighted by molar-refractivity contribution is -0.116. The second-order valence-corrected chi connectivity index (χ2v) is 10.3. The summed E-state index contributed by atoms with van der Waals surface area (Å²) >= 11 is 1.09. The average Bonchev–Trinajstić information content (AvgIpc) is 3.10. The summed E-state index contributed by atoms with van der Waals surface area (Å²) in [5.74, 6) is -0.368. The van der Waals surface area contributed by atoms with Gasteiger partial charge in [0, 0.05) is 19.3 Å². The number of aromatic nitrogens is 1. The van der Waals surface area contributed by atoms with Gasteiger partial charge in [-0.15, -0.1) is 0 Å². The van der Waals surface area contributed by atoms with Crippen LogP contribution in [0.5, 0.6) is 0 Å². The standard InChI is InChI=1S/C23H21N3O4S2/c1-25(15-17-7-3-2-4-8-17)32(29,30)19-13-11-18(12-14-19)24-22(27)16-26-20-9-5-6-10-21(20)31-23(26)28/h2-14H,15-16H2,1H3,(H,24,27). The number of benzene rings is 3. The first kappa shape index (κ1) is 21.9. The summed E-state index contributed by atoms with van der Waals surface area (Å²) in [4.78, 5) is 24.6. The number of anilines is 1. The summed E-state index contributed by atoms with van der Waals surface area (Å²) < 4.78 is 29.2. The minimum atomic E-state index is -3.68. The molecular formula is C23H21N3O4S2. The third-order valence-electron chi connectivity index (χ3n) is 4.97. The number of para-hydroxylation sites is 1. The Hall–Kier alpha value is -3.27. The maximum absolute atomic E-state index is 12.8. The number of sulfonamides is 1. The lowest BCUT2D eigenvalue weighted by Gasteiger charge is -2.17. The molecule has 0 aliphatic carbocycles. The number of hydrogen-bond donors (Lipinski definition) is 1. The van der Waals surface area contributed by atoms with E-state index in [2.05, 4.69) is 5.32 Å². The first-order valence-corrected chi connectivity index (χ1v) is 12.1. The fourth-order valence-electron chi connectivity index (χ4n) is 3.32. The molecule has 0 fully saturated rings. The molecule has 1 N–H and O–H groups in total. The minimum absolute atomic E-state index is 0.122. The van der Waals surface area contributed by atoms with Crippen molar-refractivity contribution in [1.82, 2.24) is 8.87 Å². The summed E-state index contributed by atoms with van der Waals surface area (Å²) in [5.41, 5.74) is 2.05. The van der Waals surface area contributed by atoms with Crippen molar-refractivity contribution in [2.45, 2.75) is 18.0 Å². The van der Waals surface area contributed by atoms with E-state index in [0.717, 1.165) is 21.6 Å². The molecule has 9 heteroatoms. The van der Waals surface area contributed by atoms with Gasteiger partial charge in [0.25, 0.3) is 0 Å². The van der Waals surface area contributed by atoms with E-state index in [1.165, 1.54) is 40.2 Å². The molecule has 0 spiro atoms. The Morgan fingerprint density at radius 2 is 1.62 bits per heavy atom. The summed E-state index contributed by atoms with van der Waals surface area (Å²) in [6, 6.07) is 22.6. The molecule has 4 aromatic rings. The Labute approximate surface area is 189 Å². The maximum atomic E-state index is 12.8. The maximum Gasteiger partial charge on any atom is 0.308 e. The number of carbonyl (C=O) groups excluding carboxylic acids is 1. The van der Waals surface area contributed by atoms with E-state index in [4.69, 9.17) is 0 Å². The van der Waals surface area contributed by atoms with E-state index in [-0.39, 0.29) is 28.8 Å². The number of carbonyl (C=O) groups is 1. The highest BCUT2D eigenvalue weighted by Crippen LogP contribution is 2.20. The number of fused-ring (bicyclic) bond motifs is 1. The van der Waals surface area contributed by atoms with Crippen molar-refractivity contribution in [3.05, 3.63) is 94.1 Å². The Morgan fingerprint density at radius 1 is 0.969 bits per heavy atom. The zero-order valence-electron chi connectivity index (χ0n) is 17.3. The molecule has 32 heavy (non-hydrogen) atoms. The van der Waals surface area contributed by atoms with Crippen LogP contribution in [0.1, 0.15) is 5.56 Å². The molecule has 0 saturated heterocycles. The largest absolute Gasteiger partial charge is 0.325 e. The number of amides is 1. The highest BCUT2D eigenvalue weighted by Gasteiger charge is 2.21. The van der Waals surface area contributed by atoms with Crippen LogP contribution in [0.4, 0.5) is 5.69 Å². The second kappa shape index (κ2) is 9.07. The third kappa shape index (κ3) is 4.64. The predicted molar refractivity (Wildman–Crippen MR) is 126 cm³/mol. The van der Waals surface area contributed by atoms with Gasteiger partial charge in [0.15, 0.2) is 0 Å². The molecule has 1 aromatic heterocycles. The van der Waals surface area contributed by atoms with E-state index in [1.807, 2.05) is 48.5 Å². The van der Waals surface area contributed by atoms with Gasteiger partial charge in [-0.25, -0.2) is 8.42 Å². The minimum Gasteiger partial charge on any atom is -0.325 e. The van der Waals surface area contributed by atoms with Crippen molar-refractivity contribution in [2.24, 2.45) is 0 Å². The topological polar surface area (TPSA) is 88.5 Å². The summed E-state index contributed by atoms with van der Waals surface area (Å²) in [7, 11) is -2.15. The Morgan fingerprint density at radius 3 is 2.34 bits per heavy atom. The number of rotatable bonds is 7. The van der Waals surface area contributed by atoms with Crippen LogP contribution in [-0.2, 0) is 27.9 Å². The molecule has 7 nitrogen and oxygen atoms in total. The van der Waals surface area contributed by atoms with Crippen LogP contribution in [0.2, 0.25) is 0 Å². The van der Waals surface area contributed by atoms with Crippen LogP contribution >= 0.6 is 11.3 Å². The SMILES string of the molecule is CN(Cc1ccccc1)S(=O)(=O)c1ccc(NC(=O)Cn2c(=O)sc3ccccc32)cc1. The number of thiazole rings is 1. The van der Waals surface area contributed by atoms with Gasteiger partial charge in [-0.3, -0.25) is 14.2 Å². The number of nitrogens with zero attached hydrogens (tertiary/aromatic N) is 2. The summed E-state index contributed by atoms with van der Waals surface area (Å²) in [5, 5.41) is 2.72. The molecule has 0 radical (unpaired) electrons. The number of hydrogen-bond acceptors (Lipinski definition) is 5. The van der Waals surface area contributed by atoms with Crippen LogP contribution in [0.3, 0.4) is 0 Å². The zero-order valence-corrected chi connectivity index (χ0v) is 18.9. The predicted octanol–water partition coefficient (Wildman–Crippen LogP) is 3.52. The number of nitrogens with one attached hydrogen (secondary N) is 1. The smallest absolute Gasteiger partial charge is 0.308 e. The zero-order chi connectivity index (χ0) is 22.7. The van der Waals surface area contributed by atoms with Crippen molar-refractivity contribution < 1.29 is 13.2 Å². The Bertz CT molecular complexity index is 1410. The van der Waals surface area contributed by atoms with Crippen molar-refractivity contribution in [3.8, 4) is 0 Å². The first-order chi connectivity index (χ1) is 15.3.